The Kier molecular flexibility index (Phi) is 5.11. The summed E-state index contributed by atoms with van der Waals surface area (Å²) >= 11 is 0. The van der Waals surface area contributed by atoms with Crippen molar-refractivity contribution in [3.8, 4) is 0 Å². The van der Waals surface area contributed by atoms with E-state index in [1.165, 1.54) is 13.3 Å². The van der Waals surface area contributed by atoms with Crippen molar-refractivity contribution in [3.63, 3.8) is 0 Å². The summed E-state index contributed by atoms with van der Waals surface area (Å²) in [6, 6.07) is 9.09. The van der Waals surface area contributed by atoms with Crippen molar-refractivity contribution < 1.29 is 9.59 Å². The lowest BCUT2D eigenvalue weighted by Crippen LogP contribution is -2.41. The minimum Gasteiger partial charge on any atom is -0.356 e. The molecule has 1 aliphatic rings. The Morgan fingerprint density at radius 1 is 1.14 bits per heavy atom. The van der Waals surface area contributed by atoms with Gasteiger partial charge in [-0.1, -0.05) is 0 Å². The molecule has 1 unspecified atom stereocenters. The number of carbonyl (C=O) groups excluding carboxylic acids is 2. The molecule has 1 atom stereocenters. The molecule has 150 valence electrons. The van der Waals surface area contributed by atoms with E-state index in [4.69, 9.17) is 0 Å². The molecule has 0 aliphatic carbocycles. The fourth-order valence-corrected chi connectivity index (χ4v) is 3.62. The van der Waals surface area contributed by atoms with E-state index in [-0.39, 0.29) is 17.7 Å². The molecule has 0 saturated carbocycles. The van der Waals surface area contributed by atoms with E-state index in [1.54, 1.807) is 28.8 Å². The number of aromatic nitrogens is 4. The first-order chi connectivity index (χ1) is 14.0. The zero-order valence-corrected chi connectivity index (χ0v) is 16.4. The number of hydrogen-bond donors (Lipinski definition) is 2. The van der Waals surface area contributed by atoms with Gasteiger partial charge in [-0.15, -0.1) is 0 Å². The summed E-state index contributed by atoms with van der Waals surface area (Å²) in [6.45, 7) is 4.85. The number of aryl methyl sites for hydroxylation is 1. The van der Waals surface area contributed by atoms with Crippen molar-refractivity contribution in [1.82, 2.24) is 19.6 Å². The monoisotopic (exact) mass is 393 g/mol. The second-order valence-electron chi connectivity index (χ2n) is 7.26. The molecule has 3 aromatic rings. The van der Waals surface area contributed by atoms with Crippen LogP contribution in [0.3, 0.4) is 0 Å². The average Bonchev–Trinajstić information content (AvgIpc) is 3.17. The number of hydrogen-bond acceptors (Lipinski definition) is 6. The highest BCUT2D eigenvalue weighted by Gasteiger charge is 2.27. The molecule has 3 heterocycles. The maximum absolute atomic E-state index is 12.8. The SMILES string of the molecule is CC(=O)Nc1ccc(NC(=O)C2CCCN(c3cc(C)nc4ncnn34)C2)cc1. The van der Waals surface area contributed by atoms with Gasteiger partial charge in [0.2, 0.25) is 11.8 Å². The van der Waals surface area contributed by atoms with Crippen LogP contribution in [0.1, 0.15) is 25.5 Å². The molecule has 29 heavy (non-hydrogen) atoms. The highest BCUT2D eigenvalue weighted by Crippen LogP contribution is 2.25. The third-order valence-electron chi connectivity index (χ3n) is 4.95. The Labute approximate surface area is 168 Å². The zero-order valence-electron chi connectivity index (χ0n) is 16.4. The molecule has 2 N–H and O–H groups in total. The predicted molar refractivity (Wildman–Crippen MR) is 110 cm³/mol. The van der Waals surface area contributed by atoms with Gasteiger partial charge in [0.1, 0.15) is 12.1 Å². The number of benzene rings is 1. The Bertz CT molecular complexity index is 1040. The molecular weight excluding hydrogens is 370 g/mol. The number of nitrogens with zero attached hydrogens (tertiary/aromatic N) is 5. The second kappa shape index (κ2) is 7.86. The third kappa shape index (κ3) is 4.18. The number of nitrogens with one attached hydrogen (secondary N) is 2. The molecule has 2 amide bonds. The van der Waals surface area contributed by atoms with Crippen LogP contribution < -0.4 is 15.5 Å². The summed E-state index contributed by atoms with van der Waals surface area (Å²) in [5.74, 6) is 1.19. The fraction of sp³-hybridized carbons (Fsp3) is 0.350. The number of rotatable bonds is 4. The van der Waals surface area contributed by atoms with Gasteiger partial charge in [-0.3, -0.25) is 9.59 Å². The van der Waals surface area contributed by atoms with E-state index in [0.717, 1.165) is 30.9 Å². The topological polar surface area (TPSA) is 105 Å². The molecule has 1 saturated heterocycles. The largest absolute Gasteiger partial charge is 0.356 e. The van der Waals surface area contributed by atoms with Crippen LogP contribution in [0.25, 0.3) is 5.78 Å². The van der Waals surface area contributed by atoms with Crippen LogP contribution in [0, 0.1) is 12.8 Å². The molecule has 9 heteroatoms. The van der Waals surface area contributed by atoms with Crippen molar-refractivity contribution in [2.24, 2.45) is 5.92 Å². The van der Waals surface area contributed by atoms with Gasteiger partial charge in [-0.05, 0) is 44.0 Å². The van der Waals surface area contributed by atoms with Crippen molar-refractivity contribution in [1.29, 1.82) is 0 Å². The molecule has 0 spiro atoms. The van der Waals surface area contributed by atoms with Crippen LogP contribution >= 0.6 is 0 Å². The van der Waals surface area contributed by atoms with Gasteiger partial charge in [0, 0.05) is 43.1 Å². The second-order valence-corrected chi connectivity index (χ2v) is 7.26. The van der Waals surface area contributed by atoms with E-state index in [0.29, 0.717) is 23.7 Å². The first kappa shape index (κ1) is 18.9. The average molecular weight is 393 g/mol. The van der Waals surface area contributed by atoms with Crippen molar-refractivity contribution in [2.45, 2.75) is 26.7 Å². The lowest BCUT2D eigenvalue weighted by atomic mass is 9.97. The normalized spacial score (nSPS) is 16.6. The summed E-state index contributed by atoms with van der Waals surface area (Å²) in [5, 5.41) is 9.97. The standard InChI is InChI=1S/C20H23N7O2/c1-13-10-18(27-20(23-13)21-12-22-27)26-9-3-4-15(11-26)19(29)25-17-7-5-16(6-8-17)24-14(2)28/h5-8,10,12,15H,3-4,9,11H2,1-2H3,(H,24,28)(H,25,29). The molecule has 0 bridgehead atoms. The third-order valence-corrected chi connectivity index (χ3v) is 4.95. The van der Waals surface area contributed by atoms with Gasteiger partial charge < -0.3 is 15.5 Å². The molecule has 4 rings (SSSR count). The maximum atomic E-state index is 12.8. The molecule has 0 radical (unpaired) electrons. The number of carbonyl (C=O) groups is 2. The summed E-state index contributed by atoms with van der Waals surface area (Å²) < 4.78 is 1.72. The van der Waals surface area contributed by atoms with E-state index in [9.17, 15) is 9.59 Å². The smallest absolute Gasteiger partial charge is 0.254 e. The van der Waals surface area contributed by atoms with Crippen molar-refractivity contribution in [3.05, 3.63) is 42.4 Å². The first-order valence-electron chi connectivity index (χ1n) is 9.60. The molecular formula is C20H23N7O2. The minimum absolute atomic E-state index is 0.0115. The van der Waals surface area contributed by atoms with Crippen LogP contribution in [0.4, 0.5) is 17.2 Å². The Morgan fingerprint density at radius 2 is 1.86 bits per heavy atom. The van der Waals surface area contributed by atoms with Gasteiger partial charge in [0.15, 0.2) is 0 Å². The molecule has 9 nitrogen and oxygen atoms in total. The van der Waals surface area contributed by atoms with E-state index in [2.05, 4.69) is 30.6 Å². The van der Waals surface area contributed by atoms with E-state index < -0.39 is 0 Å². The number of amides is 2. The van der Waals surface area contributed by atoms with Crippen molar-refractivity contribution in [2.75, 3.05) is 28.6 Å². The number of fused-ring (bicyclic) bond motifs is 1. The quantitative estimate of drug-likeness (QED) is 0.704. The summed E-state index contributed by atoms with van der Waals surface area (Å²) in [6.07, 6.45) is 3.23. The first-order valence-corrected chi connectivity index (χ1v) is 9.60. The Morgan fingerprint density at radius 3 is 2.59 bits per heavy atom. The lowest BCUT2D eigenvalue weighted by molar-refractivity contribution is -0.120. The van der Waals surface area contributed by atoms with Gasteiger partial charge in [0.05, 0.1) is 5.92 Å². The van der Waals surface area contributed by atoms with Crippen LogP contribution in [0.5, 0.6) is 0 Å². The highest BCUT2D eigenvalue weighted by molar-refractivity contribution is 5.94. The fourth-order valence-electron chi connectivity index (χ4n) is 3.62. The van der Waals surface area contributed by atoms with Gasteiger partial charge in [-0.2, -0.15) is 14.6 Å². The van der Waals surface area contributed by atoms with Gasteiger partial charge in [-0.25, -0.2) is 4.98 Å². The number of piperidine rings is 1. The van der Waals surface area contributed by atoms with E-state index >= 15 is 0 Å². The molecule has 2 aromatic heterocycles. The lowest BCUT2D eigenvalue weighted by Gasteiger charge is -2.33. The van der Waals surface area contributed by atoms with Crippen LogP contribution in [0.15, 0.2) is 36.7 Å². The van der Waals surface area contributed by atoms with Crippen LogP contribution in [-0.2, 0) is 9.59 Å². The van der Waals surface area contributed by atoms with Crippen molar-refractivity contribution >= 4 is 34.8 Å². The molecule has 1 aliphatic heterocycles. The maximum Gasteiger partial charge on any atom is 0.254 e. The summed E-state index contributed by atoms with van der Waals surface area (Å²) in [7, 11) is 0. The Balaban J connectivity index is 1.46. The van der Waals surface area contributed by atoms with Crippen LogP contribution in [-0.4, -0.2) is 44.5 Å². The van der Waals surface area contributed by atoms with Gasteiger partial charge in [0.25, 0.3) is 5.78 Å². The van der Waals surface area contributed by atoms with E-state index in [1.807, 2.05) is 13.0 Å². The highest BCUT2D eigenvalue weighted by atomic mass is 16.2. The number of anilines is 3. The van der Waals surface area contributed by atoms with Gasteiger partial charge >= 0.3 is 0 Å². The predicted octanol–water partition coefficient (Wildman–Crippen LogP) is 2.25. The Hall–Kier alpha value is -3.49. The summed E-state index contributed by atoms with van der Waals surface area (Å²) in [4.78, 5) is 34.7. The minimum atomic E-state index is -0.134. The van der Waals surface area contributed by atoms with Crippen LogP contribution in [0.2, 0.25) is 0 Å². The molecule has 1 aromatic carbocycles. The summed E-state index contributed by atoms with van der Waals surface area (Å²) in [5.41, 5.74) is 2.27. The molecule has 1 fully saturated rings. The zero-order chi connectivity index (χ0) is 20.4.